The first-order valence-electron chi connectivity index (χ1n) is 9.50. The average molecular weight is 402 g/mol. The molecule has 1 aliphatic rings. The molecule has 0 fully saturated rings. The lowest BCUT2D eigenvalue weighted by Crippen LogP contribution is -2.17. The molecule has 6 heteroatoms. The Kier molecular flexibility index (Phi) is 6.48. The molecule has 27 heavy (non-hydrogen) atoms. The lowest BCUT2D eigenvalue weighted by atomic mass is 9.96. The largest absolute Gasteiger partial charge is 0.325 e. The normalized spacial score (nSPS) is 18.4. The van der Waals surface area contributed by atoms with E-state index in [4.69, 9.17) is 0 Å². The van der Waals surface area contributed by atoms with E-state index in [1.807, 2.05) is 37.7 Å². The lowest BCUT2D eigenvalue weighted by molar-refractivity contribution is -0.113. The third-order valence-electron chi connectivity index (χ3n) is 5.01. The molecule has 1 aromatic carbocycles. The van der Waals surface area contributed by atoms with Crippen LogP contribution in [0.3, 0.4) is 0 Å². The molecule has 1 aromatic heterocycles. The number of carbonyl (C=O) groups excluding carboxylic acids is 1. The number of amides is 1. The van der Waals surface area contributed by atoms with Crippen molar-refractivity contribution >= 4 is 35.1 Å². The van der Waals surface area contributed by atoms with Gasteiger partial charge in [-0.25, -0.2) is 9.97 Å². The summed E-state index contributed by atoms with van der Waals surface area (Å²) in [6, 6.07) is 6.14. The highest BCUT2D eigenvalue weighted by Crippen LogP contribution is 2.48. The summed E-state index contributed by atoms with van der Waals surface area (Å²) in [7, 11) is 0. The Morgan fingerprint density at radius 1 is 1.26 bits per heavy atom. The predicted molar refractivity (Wildman–Crippen MR) is 115 cm³/mol. The van der Waals surface area contributed by atoms with Gasteiger partial charge in [0.15, 0.2) is 0 Å². The minimum atomic E-state index is 0.0146. The van der Waals surface area contributed by atoms with Crippen LogP contribution in [0.1, 0.15) is 55.6 Å². The van der Waals surface area contributed by atoms with Crippen molar-refractivity contribution in [3.8, 4) is 0 Å². The number of rotatable bonds is 6. The zero-order valence-electron chi connectivity index (χ0n) is 16.6. The molecular weight excluding hydrogens is 374 g/mol. The first kappa shape index (κ1) is 20.2. The van der Waals surface area contributed by atoms with E-state index in [2.05, 4.69) is 42.1 Å². The standard InChI is InChI=1S/C21H27N3OS2/c1-6-15-10-8-9-12(3)19(15)24-17(25)11-26-20-18-16(7-2)13(4)27-21(18)23-14(5)22-20/h8-10,13,16H,6-7,11H2,1-5H3,(H,24,25)/t13-,16-/m0/s1. The summed E-state index contributed by atoms with van der Waals surface area (Å²) in [6.45, 7) is 10.5. The second-order valence-corrected chi connectivity index (χ2v) is 9.26. The molecule has 0 saturated heterocycles. The Morgan fingerprint density at radius 3 is 2.74 bits per heavy atom. The van der Waals surface area contributed by atoms with E-state index in [1.54, 1.807) is 0 Å². The maximum Gasteiger partial charge on any atom is 0.234 e. The molecule has 1 aliphatic heterocycles. The molecule has 4 nitrogen and oxygen atoms in total. The average Bonchev–Trinajstić information content (AvgIpc) is 2.96. The lowest BCUT2D eigenvalue weighted by Gasteiger charge is -2.16. The van der Waals surface area contributed by atoms with Crippen molar-refractivity contribution in [2.24, 2.45) is 0 Å². The van der Waals surface area contributed by atoms with Crippen molar-refractivity contribution in [2.45, 2.75) is 68.7 Å². The summed E-state index contributed by atoms with van der Waals surface area (Å²) in [5.74, 6) is 1.61. The maximum atomic E-state index is 12.6. The van der Waals surface area contributed by atoms with Gasteiger partial charge in [0.1, 0.15) is 15.9 Å². The van der Waals surface area contributed by atoms with Crippen LogP contribution in [0.5, 0.6) is 0 Å². The van der Waals surface area contributed by atoms with Crippen molar-refractivity contribution in [1.29, 1.82) is 0 Å². The number of benzene rings is 1. The topological polar surface area (TPSA) is 54.9 Å². The number of fused-ring (bicyclic) bond motifs is 1. The summed E-state index contributed by atoms with van der Waals surface area (Å²) >= 11 is 3.36. The summed E-state index contributed by atoms with van der Waals surface area (Å²) in [4.78, 5) is 21.9. The Hall–Kier alpha value is -1.53. The van der Waals surface area contributed by atoms with E-state index < -0.39 is 0 Å². The predicted octanol–water partition coefficient (Wildman–Crippen LogP) is 5.37. The van der Waals surface area contributed by atoms with Crippen LogP contribution in [-0.4, -0.2) is 26.9 Å². The minimum Gasteiger partial charge on any atom is -0.325 e. The number of aromatic nitrogens is 2. The van der Waals surface area contributed by atoms with Crippen LogP contribution in [0.2, 0.25) is 0 Å². The van der Waals surface area contributed by atoms with Crippen molar-refractivity contribution in [3.05, 3.63) is 40.7 Å². The number of hydrogen-bond donors (Lipinski definition) is 1. The van der Waals surface area contributed by atoms with Gasteiger partial charge in [0.2, 0.25) is 5.91 Å². The molecule has 0 aliphatic carbocycles. The smallest absolute Gasteiger partial charge is 0.234 e. The number of aryl methyl sites for hydroxylation is 3. The SMILES string of the molecule is CCc1cccc(C)c1NC(=O)CSc1nc(C)nc2c1[C@@H](CC)[C@H](C)S2. The Balaban J connectivity index is 1.76. The van der Waals surface area contributed by atoms with Gasteiger partial charge < -0.3 is 5.32 Å². The number of carbonyl (C=O) groups is 1. The number of para-hydroxylation sites is 1. The molecule has 1 amide bonds. The van der Waals surface area contributed by atoms with Crippen LogP contribution >= 0.6 is 23.5 Å². The van der Waals surface area contributed by atoms with Crippen LogP contribution in [0.4, 0.5) is 5.69 Å². The molecule has 2 aromatic rings. The Morgan fingerprint density at radius 2 is 2.04 bits per heavy atom. The summed E-state index contributed by atoms with van der Waals surface area (Å²) in [6.07, 6.45) is 1.97. The monoisotopic (exact) mass is 401 g/mol. The fraction of sp³-hybridized carbons (Fsp3) is 0.476. The molecule has 0 spiro atoms. The second-order valence-electron chi connectivity index (χ2n) is 6.93. The number of nitrogens with one attached hydrogen (secondary N) is 1. The van der Waals surface area contributed by atoms with E-state index in [0.717, 1.165) is 40.0 Å². The third-order valence-corrected chi connectivity index (χ3v) is 7.23. The van der Waals surface area contributed by atoms with Gasteiger partial charge in [-0.1, -0.05) is 50.7 Å². The van der Waals surface area contributed by atoms with Crippen LogP contribution in [0.25, 0.3) is 0 Å². The molecule has 1 N–H and O–H groups in total. The van der Waals surface area contributed by atoms with Crippen molar-refractivity contribution in [3.63, 3.8) is 0 Å². The number of thioether (sulfide) groups is 2. The highest BCUT2D eigenvalue weighted by atomic mass is 32.2. The van der Waals surface area contributed by atoms with Crippen LogP contribution in [0.15, 0.2) is 28.3 Å². The maximum absolute atomic E-state index is 12.6. The van der Waals surface area contributed by atoms with Gasteiger partial charge in [0.25, 0.3) is 0 Å². The molecule has 144 valence electrons. The molecule has 2 atom stereocenters. The van der Waals surface area contributed by atoms with Gasteiger partial charge in [0, 0.05) is 22.4 Å². The van der Waals surface area contributed by atoms with E-state index in [-0.39, 0.29) is 5.91 Å². The van der Waals surface area contributed by atoms with Crippen molar-refractivity contribution in [1.82, 2.24) is 9.97 Å². The van der Waals surface area contributed by atoms with E-state index in [1.165, 1.54) is 22.9 Å². The van der Waals surface area contributed by atoms with Crippen LogP contribution < -0.4 is 5.32 Å². The van der Waals surface area contributed by atoms with E-state index in [9.17, 15) is 4.79 Å². The summed E-state index contributed by atoms with van der Waals surface area (Å²) in [5, 5.41) is 5.68. The minimum absolute atomic E-state index is 0.0146. The first-order valence-corrected chi connectivity index (χ1v) is 11.4. The molecular formula is C21H27N3OS2. The molecule has 0 saturated carbocycles. The molecule has 0 unspecified atom stereocenters. The Bertz CT molecular complexity index is 854. The fourth-order valence-corrected chi connectivity index (χ4v) is 6.00. The van der Waals surface area contributed by atoms with Gasteiger partial charge in [-0.05, 0) is 37.8 Å². The molecule has 3 rings (SSSR count). The zero-order valence-corrected chi connectivity index (χ0v) is 18.3. The highest BCUT2D eigenvalue weighted by Gasteiger charge is 2.33. The summed E-state index contributed by atoms with van der Waals surface area (Å²) < 4.78 is 0. The van der Waals surface area contributed by atoms with E-state index in [0.29, 0.717) is 16.9 Å². The first-order chi connectivity index (χ1) is 12.9. The summed E-state index contributed by atoms with van der Waals surface area (Å²) in [5.41, 5.74) is 4.46. The van der Waals surface area contributed by atoms with Gasteiger partial charge in [0.05, 0.1) is 5.75 Å². The highest BCUT2D eigenvalue weighted by molar-refractivity contribution is 8.01. The molecule has 0 radical (unpaired) electrons. The van der Waals surface area contributed by atoms with E-state index >= 15 is 0 Å². The van der Waals surface area contributed by atoms with Crippen LogP contribution in [-0.2, 0) is 11.2 Å². The Labute approximate surface area is 170 Å². The number of hydrogen-bond acceptors (Lipinski definition) is 5. The second kappa shape index (κ2) is 8.65. The van der Waals surface area contributed by atoms with Gasteiger partial charge >= 0.3 is 0 Å². The zero-order chi connectivity index (χ0) is 19.6. The number of anilines is 1. The van der Waals surface area contributed by atoms with Gasteiger partial charge in [-0.2, -0.15) is 0 Å². The number of nitrogens with zero attached hydrogens (tertiary/aromatic N) is 2. The van der Waals surface area contributed by atoms with Crippen molar-refractivity contribution < 1.29 is 4.79 Å². The third kappa shape index (κ3) is 4.32. The van der Waals surface area contributed by atoms with Gasteiger partial charge in [-0.3, -0.25) is 4.79 Å². The van der Waals surface area contributed by atoms with Crippen LogP contribution in [0, 0.1) is 13.8 Å². The molecule has 2 heterocycles. The van der Waals surface area contributed by atoms with Gasteiger partial charge in [-0.15, -0.1) is 11.8 Å². The quantitative estimate of drug-likeness (QED) is 0.520. The molecule has 0 bridgehead atoms. The van der Waals surface area contributed by atoms with Crippen molar-refractivity contribution in [2.75, 3.05) is 11.1 Å². The fourth-order valence-electron chi connectivity index (χ4n) is 3.59.